The highest BCUT2D eigenvalue weighted by Gasteiger charge is 2.18. The Morgan fingerprint density at radius 1 is 1.31 bits per heavy atom. The Labute approximate surface area is 149 Å². The zero-order valence-corrected chi connectivity index (χ0v) is 14.1. The number of piperidine rings is 1. The van der Waals surface area contributed by atoms with E-state index in [0.29, 0.717) is 17.1 Å². The summed E-state index contributed by atoms with van der Waals surface area (Å²) >= 11 is 0. The third-order valence-corrected chi connectivity index (χ3v) is 4.47. The summed E-state index contributed by atoms with van der Waals surface area (Å²) in [6.45, 7) is 1.87. The maximum Gasteiger partial charge on any atom is 0.276 e. The first-order chi connectivity index (χ1) is 12.7. The van der Waals surface area contributed by atoms with Crippen LogP contribution in [0.3, 0.4) is 0 Å². The molecule has 2 aromatic heterocycles. The van der Waals surface area contributed by atoms with Crippen molar-refractivity contribution in [3.8, 4) is 5.69 Å². The molecule has 8 heteroatoms. The van der Waals surface area contributed by atoms with E-state index in [0.717, 1.165) is 25.9 Å². The molecule has 1 saturated heterocycles. The number of benzene rings is 1. The summed E-state index contributed by atoms with van der Waals surface area (Å²) in [6.07, 6.45) is 8.70. The second kappa shape index (κ2) is 7.09. The summed E-state index contributed by atoms with van der Waals surface area (Å²) in [5, 5.41) is 10.4. The minimum absolute atomic E-state index is 0.261. The lowest BCUT2D eigenvalue weighted by atomic mass is 10.1. The summed E-state index contributed by atoms with van der Waals surface area (Å²) in [5.41, 5.74) is 1.06. The van der Waals surface area contributed by atoms with Crippen LogP contribution in [-0.4, -0.2) is 38.3 Å². The smallest absolute Gasteiger partial charge is 0.276 e. The number of halogens is 1. The van der Waals surface area contributed by atoms with Crippen LogP contribution in [0.25, 0.3) is 5.69 Å². The molecule has 0 spiro atoms. The van der Waals surface area contributed by atoms with E-state index in [1.165, 1.54) is 12.4 Å². The molecule has 1 amide bonds. The van der Waals surface area contributed by atoms with Crippen LogP contribution in [0.2, 0.25) is 0 Å². The highest BCUT2D eigenvalue weighted by Crippen LogP contribution is 2.19. The zero-order valence-electron chi connectivity index (χ0n) is 14.1. The molecule has 1 aromatic carbocycles. The second-order valence-corrected chi connectivity index (χ2v) is 6.27. The first kappa shape index (κ1) is 16.5. The number of imidazole rings is 1. The van der Waals surface area contributed by atoms with Gasteiger partial charge in [-0.05, 0) is 43.7 Å². The van der Waals surface area contributed by atoms with Crippen LogP contribution >= 0.6 is 0 Å². The monoisotopic (exact) mass is 354 g/mol. The van der Waals surface area contributed by atoms with Crippen molar-refractivity contribution < 1.29 is 9.18 Å². The molecule has 1 fully saturated rings. The first-order valence-corrected chi connectivity index (χ1v) is 8.56. The molecule has 1 atom stereocenters. The molecule has 3 heterocycles. The molecule has 4 rings (SSSR count). The third kappa shape index (κ3) is 3.36. The predicted molar refractivity (Wildman–Crippen MR) is 94.8 cm³/mol. The number of nitrogens with one attached hydrogen (secondary N) is 2. The van der Waals surface area contributed by atoms with Gasteiger partial charge < -0.3 is 15.2 Å². The van der Waals surface area contributed by atoms with Crippen molar-refractivity contribution in [2.45, 2.75) is 18.9 Å². The second-order valence-electron chi connectivity index (χ2n) is 6.27. The van der Waals surface area contributed by atoms with E-state index >= 15 is 0 Å². The SMILES string of the molecule is O=C(Nc1ccc(-n2ccnc2)c(F)c1)c1ccn(C2CCCNC2)n1. The van der Waals surface area contributed by atoms with Crippen molar-refractivity contribution in [2.24, 2.45) is 0 Å². The summed E-state index contributed by atoms with van der Waals surface area (Å²) in [7, 11) is 0. The van der Waals surface area contributed by atoms with E-state index < -0.39 is 5.82 Å². The maximum atomic E-state index is 14.3. The topological polar surface area (TPSA) is 76.8 Å². The molecule has 0 bridgehead atoms. The highest BCUT2D eigenvalue weighted by molar-refractivity contribution is 6.02. The number of anilines is 1. The summed E-state index contributed by atoms with van der Waals surface area (Å²) in [4.78, 5) is 16.3. The fourth-order valence-electron chi connectivity index (χ4n) is 3.11. The van der Waals surface area contributed by atoms with Gasteiger partial charge in [0.1, 0.15) is 5.82 Å². The molecule has 3 aromatic rings. The predicted octanol–water partition coefficient (Wildman–Crippen LogP) is 2.38. The Hall–Kier alpha value is -3.00. The molecule has 1 unspecified atom stereocenters. The molecule has 1 aliphatic heterocycles. The zero-order chi connectivity index (χ0) is 17.9. The average Bonchev–Trinajstić information content (AvgIpc) is 3.35. The number of carbonyl (C=O) groups excluding carboxylic acids is 1. The van der Waals surface area contributed by atoms with Crippen molar-refractivity contribution in [1.29, 1.82) is 0 Å². The van der Waals surface area contributed by atoms with Crippen LogP contribution in [0.4, 0.5) is 10.1 Å². The molecular weight excluding hydrogens is 335 g/mol. The summed E-state index contributed by atoms with van der Waals surface area (Å²) in [5.74, 6) is -0.804. The van der Waals surface area contributed by atoms with E-state index in [9.17, 15) is 9.18 Å². The number of nitrogens with zero attached hydrogens (tertiary/aromatic N) is 4. The molecule has 26 heavy (non-hydrogen) atoms. The van der Waals surface area contributed by atoms with Gasteiger partial charge in [-0.1, -0.05) is 0 Å². The molecule has 0 aliphatic carbocycles. The molecule has 7 nitrogen and oxygen atoms in total. The summed E-state index contributed by atoms with van der Waals surface area (Å²) < 4.78 is 17.7. The first-order valence-electron chi connectivity index (χ1n) is 8.56. The Balaban J connectivity index is 1.46. The maximum absolute atomic E-state index is 14.3. The number of hydrogen-bond acceptors (Lipinski definition) is 4. The summed E-state index contributed by atoms with van der Waals surface area (Å²) in [6, 6.07) is 6.48. The fraction of sp³-hybridized carbons (Fsp3) is 0.278. The van der Waals surface area contributed by atoms with E-state index in [1.807, 2.05) is 10.9 Å². The van der Waals surface area contributed by atoms with Crippen LogP contribution in [0.15, 0.2) is 49.2 Å². The van der Waals surface area contributed by atoms with Crippen LogP contribution < -0.4 is 10.6 Å². The van der Waals surface area contributed by atoms with Gasteiger partial charge in [0.05, 0.1) is 18.1 Å². The van der Waals surface area contributed by atoms with Crippen molar-refractivity contribution in [2.75, 3.05) is 18.4 Å². The van der Waals surface area contributed by atoms with Gasteiger partial charge in [0, 0.05) is 30.8 Å². The van der Waals surface area contributed by atoms with Crippen molar-refractivity contribution in [1.82, 2.24) is 24.6 Å². The van der Waals surface area contributed by atoms with Gasteiger partial charge in [-0.2, -0.15) is 5.10 Å². The fourth-order valence-corrected chi connectivity index (χ4v) is 3.11. The largest absolute Gasteiger partial charge is 0.320 e. The molecule has 2 N–H and O–H groups in total. The van der Waals surface area contributed by atoms with E-state index in [-0.39, 0.29) is 11.9 Å². The quantitative estimate of drug-likeness (QED) is 0.754. The van der Waals surface area contributed by atoms with Gasteiger partial charge in [-0.3, -0.25) is 9.48 Å². The lowest BCUT2D eigenvalue weighted by molar-refractivity contribution is 0.102. The van der Waals surface area contributed by atoms with Crippen LogP contribution in [0, 0.1) is 5.82 Å². The normalized spacial score (nSPS) is 17.2. The van der Waals surface area contributed by atoms with Gasteiger partial charge in [0.25, 0.3) is 5.91 Å². The van der Waals surface area contributed by atoms with Gasteiger partial charge >= 0.3 is 0 Å². The third-order valence-electron chi connectivity index (χ3n) is 4.47. The highest BCUT2D eigenvalue weighted by atomic mass is 19.1. The van der Waals surface area contributed by atoms with Crippen LogP contribution in [-0.2, 0) is 0 Å². The van der Waals surface area contributed by atoms with Gasteiger partial charge in [0.15, 0.2) is 5.69 Å². The lowest BCUT2D eigenvalue weighted by Gasteiger charge is -2.22. The standard InChI is InChI=1S/C18H19FN6O/c19-15-10-13(3-4-17(15)24-9-7-21-12-24)22-18(26)16-5-8-25(23-16)14-2-1-6-20-11-14/h3-5,7-10,12,14,20H,1-2,6,11H2,(H,22,26). The molecule has 134 valence electrons. The van der Waals surface area contributed by atoms with Crippen molar-refractivity contribution in [3.63, 3.8) is 0 Å². The van der Waals surface area contributed by atoms with E-state index in [4.69, 9.17) is 0 Å². The molecular formula is C18H19FN6O. The van der Waals surface area contributed by atoms with Crippen LogP contribution in [0.1, 0.15) is 29.4 Å². The lowest BCUT2D eigenvalue weighted by Crippen LogP contribution is -2.32. The van der Waals surface area contributed by atoms with Crippen molar-refractivity contribution >= 4 is 11.6 Å². The van der Waals surface area contributed by atoms with Gasteiger partial charge in [0.2, 0.25) is 0 Å². The van der Waals surface area contributed by atoms with Gasteiger partial charge in [-0.25, -0.2) is 9.37 Å². The molecule has 1 aliphatic rings. The Kier molecular flexibility index (Phi) is 4.49. The number of amides is 1. The number of hydrogen-bond donors (Lipinski definition) is 2. The molecule has 0 radical (unpaired) electrons. The van der Waals surface area contributed by atoms with E-state index in [1.54, 1.807) is 35.2 Å². The minimum Gasteiger partial charge on any atom is -0.320 e. The Morgan fingerprint density at radius 2 is 2.23 bits per heavy atom. The van der Waals surface area contributed by atoms with Crippen molar-refractivity contribution in [3.05, 3.63) is 60.7 Å². The minimum atomic E-state index is -0.445. The Bertz CT molecular complexity index is 898. The number of aromatic nitrogens is 4. The van der Waals surface area contributed by atoms with Gasteiger partial charge in [-0.15, -0.1) is 0 Å². The Morgan fingerprint density at radius 3 is 2.96 bits per heavy atom. The van der Waals surface area contributed by atoms with Crippen LogP contribution in [0.5, 0.6) is 0 Å². The average molecular weight is 354 g/mol. The number of carbonyl (C=O) groups is 1. The van der Waals surface area contributed by atoms with E-state index in [2.05, 4.69) is 20.7 Å². The molecule has 0 saturated carbocycles. The number of rotatable bonds is 4.